The number of cyclic esters (lactones) is 1. The van der Waals surface area contributed by atoms with Crippen LogP contribution in [0.4, 0.5) is 0 Å². The number of unbranched alkanes of at least 4 members (excludes halogenated alkanes) is 3. The van der Waals surface area contributed by atoms with Gasteiger partial charge in [-0.05, 0) is 6.42 Å². The number of carbonyl (C=O) groups excluding carboxylic acids is 2. The van der Waals surface area contributed by atoms with Crippen LogP contribution in [-0.4, -0.2) is 30.1 Å². The first-order valence-corrected chi connectivity index (χ1v) is 6.01. The molecular formula is C12H20O4. The molecule has 0 aromatic carbocycles. The second-order valence-electron chi connectivity index (χ2n) is 4.33. The average Bonchev–Trinajstić information content (AvgIpc) is 2.65. The monoisotopic (exact) mass is 228 g/mol. The number of esters is 1. The third-order valence-electron chi connectivity index (χ3n) is 3.02. The molecule has 2 atom stereocenters. The standard InChI is InChI=1S/C12H20O4/c1-2-3-4-5-6-10(14)11-9(7-13)8-16-12(11)15/h9,11,13H,2-8H2,1H3. The molecule has 0 aromatic heterocycles. The first-order valence-electron chi connectivity index (χ1n) is 6.01. The highest BCUT2D eigenvalue weighted by atomic mass is 16.5. The SMILES string of the molecule is CCCCCCC(=O)C1C(=O)OCC1CO. The molecule has 4 heteroatoms. The number of Topliss-reactive ketones (excluding diaryl/α,β-unsaturated/α-hetero) is 1. The Kier molecular flexibility index (Phi) is 5.46. The molecule has 1 heterocycles. The van der Waals surface area contributed by atoms with Crippen LogP contribution in [0.2, 0.25) is 0 Å². The lowest BCUT2D eigenvalue weighted by Gasteiger charge is -2.10. The molecule has 1 fully saturated rings. The Hall–Kier alpha value is -0.900. The van der Waals surface area contributed by atoms with Gasteiger partial charge in [0.2, 0.25) is 0 Å². The molecular weight excluding hydrogens is 208 g/mol. The number of carbonyl (C=O) groups is 2. The summed E-state index contributed by atoms with van der Waals surface area (Å²) in [6.07, 6.45) is 4.52. The van der Waals surface area contributed by atoms with Crippen molar-refractivity contribution in [1.29, 1.82) is 0 Å². The Bertz CT molecular complexity index is 249. The summed E-state index contributed by atoms with van der Waals surface area (Å²) >= 11 is 0. The van der Waals surface area contributed by atoms with Gasteiger partial charge in [0.05, 0.1) is 13.2 Å². The molecule has 4 nitrogen and oxygen atoms in total. The van der Waals surface area contributed by atoms with Crippen LogP contribution in [0, 0.1) is 11.8 Å². The first kappa shape index (κ1) is 13.2. The molecule has 1 aliphatic rings. The molecule has 0 spiro atoms. The van der Waals surface area contributed by atoms with Crippen molar-refractivity contribution in [1.82, 2.24) is 0 Å². The summed E-state index contributed by atoms with van der Waals surface area (Å²) in [5, 5.41) is 9.03. The van der Waals surface area contributed by atoms with Crippen molar-refractivity contribution in [3.63, 3.8) is 0 Å². The van der Waals surface area contributed by atoms with Crippen LogP contribution >= 0.6 is 0 Å². The van der Waals surface area contributed by atoms with Crippen LogP contribution in [0.5, 0.6) is 0 Å². The molecule has 0 amide bonds. The predicted molar refractivity (Wildman–Crippen MR) is 58.8 cm³/mol. The molecule has 0 saturated carbocycles. The molecule has 92 valence electrons. The fraction of sp³-hybridized carbons (Fsp3) is 0.833. The zero-order valence-corrected chi connectivity index (χ0v) is 9.78. The minimum Gasteiger partial charge on any atom is -0.465 e. The van der Waals surface area contributed by atoms with Crippen molar-refractivity contribution < 1.29 is 19.4 Å². The molecule has 1 aliphatic heterocycles. The van der Waals surface area contributed by atoms with Gasteiger partial charge in [0.1, 0.15) is 11.7 Å². The summed E-state index contributed by atoms with van der Waals surface area (Å²) in [5.41, 5.74) is 0. The molecule has 0 radical (unpaired) electrons. The third kappa shape index (κ3) is 3.30. The lowest BCUT2D eigenvalue weighted by Crippen LogP contribution is -2.27. The van der Waals surface area contributed by atoms with E-state index in [1.54, 1.807) is 0 Å². The van der Waals surface area contributed by atoms with Gasteiger partial charge in [-0.15, -0.1) is 0 Å². The van der Waals surface area contributed by atoms with Crippen molar-refractivity contribution in [2.45, 2.75) is 39.0 Å². The largest absolute Gasteiger partial charge is 0.465 e. The second-order valence-corrected chi connectivity index (χ2v) is 4.33. The molecule has 1 saturated heterocycles. The van der Waals surface area contributed by atoms with E-state index in [0.29, 0.717) is 6.42 Å². The first-order chi connectivity index (χ1) is 7.70. The topological polar surface area (TPSA) is 63.6 Å². The summed E-state index contributed by atoms with van der Waals surface area (Å²) in [5.74, 6) is -1.57. The van der Waals surface area contributed by atoms with E-state index in [1.807, 2.05) is 0 Å². The Balaban J connectivity index is 2.36. The minimum atomic E-state index is -0.716. The number of hydrogen-bond donors (Lipinski definition) is 1. The Morgan fingerprint density at radius 2 is 2.19 bits per heavy atom. The Morgan fingerprint density at radius 1 is 1.44 bits per heavy atom. The number of ketones is 1. The van der Waals surface area contributed by atoms with Crippen molar-refractivity contribution in [3.8, 4) is 0 Å². The van der Waals surface area contributed by atoms with E-state index in [4.69, 9.17) is 9.84 Å². The highest BCUT2D eigenvalue weighted by Gasteiger charge is 2.40. The second kappa shape index (κ2) is 6.63. The van der Waals surface area contributed by atoms with Crippen molar-refractivity contribution in [3.05, 3.63) is 0 Å². The highest BCUT2D eigenvalue weighted by molar-refractivity contribution is 6.00. The molecule has 2 unspecified atom stereocenters. The molecule has 1 rings (SSSR count). The molecule has 0 aromatic rings. The molecule has 1 N–H and O–H groups in total. The van der Waals surface area contributed by atoms with Gasteiger partial charge in [0, 0.05) is 12.3 Å². The van der Waals surface area contributed by atoms with E-state index < -0.39 is 11.9 Å². The third-order valence-corrected chi connectivity index (χ3v) is 3.02. The van der Waals surface area contributed by atoms with Crippen molar-refractivity contribution in [2.24, 2.45) is 11.8 Å². The van der Waals surface area contributed by atoms with Crippen LogP contribution in [0.3, 0.4) is 0 Å². The summed E-state index contributed by atoms with van der Waals surface area (Å²) in [6.45, 7) is 2.13. The van der Waals surface area contributed by atoms with Gasteiger partial charge in [0.25, 0.3) is 0 Å². The number of ether oxygens (including phenoxy) is 1. The average molecular weight is 228 g/mol. The minimum absolute atomic E-state index is 0.0716. The smallest absolute Gasteiger partial charge is 0.316 e. The summed E-state index contributed by atoms with van der Waals surface area (Å²) in [7, 11) is 0. The molecule has 16 heavy (non-hydrogen) atoms. The summed E-state index contributed by atoms with van der Waals surface area (Å²) < 4.78 is 4.80. The number of rotatable bonds is 7. The van der Waals surface area contributed by atoms with E-state index >= 15 is 0 Å². The van der Waals surface area contributed by atoms with Gasteiger partial charge in [-0.1, -0.05) is 26.2 Å². The lowest BCUT2D eigenvalue weighted by atomic mass is 9.89. The van der Waals surface area contributed by atoms with Crippen LogP contribution in [0.1, 0.15) is 39.0 Å². The maximum absolute atomic E-state index is 11.8. The van der Waals surface area contributed by atoms with Crippen molar-refractivity contribution >= 4 is 11.8 Å². The van der Waals surface area contributed by atoms with Crippen LogP contribution in [0.25, 0.3) is 0 Å². The van der Waals surface area contributed by atoms with Gasteiger partial charge >= 0.3 is 5.97 Å². The molecule has 0 bridgehead atoms. The van der Waals surface area contributed by atoms with Crippen LogP contribution in [0.15, 0.2) is 0 Å². The normalized spacial score (nSPS) is 24.5. The van der Waals surface area contributed by atoms with E-state index in [0.717, 1.165) is 25.7 Å². The summed E-state index contributed by atoms with van der Waals surface area (Å²) in [6, 6.07) is 0. The van der Waals surface area contributed by atoms with Gasteiger partial charge in [-0.25, -0.2) is 0 Å². The quantitative estimate of drug-likeness (QED) is 0.405. The van der Waals surface area contributed by atoms with Crippen LogP contribution in [-0.2, 0) is 14.3 Å². The van der Waals surface area contributed by atoms with Gasteiger partial charge in [-0.2, -0.15) is 0 Å². The van der Waals surface area contributed by atoms with E-state index in [1.165, 1.54) is 0 Å². The maximum atomic E-state index is 11.8. The number of hydrogen-bond acceptors (Lipinski definition) is 4. The number of aliphatic hydroxyl groups is 1. The zero-order chi connectivity index (χ0) is 12.0. The van der Waals surface area contributed by atoms with Crippen molar-refractivity contribution in [2.75, 3.05) is 13.2 Å². The van der Waals surface area contributed by atoms with Gasteiger partial charge in [-0.3, -0.25) is 9.59 Å². The lowest BCUT2D eigenvalue weighted by molar-refractivity contribution is -0.144. The Labute approximate surface area is 96.0 Å². The fourth-order valence-corrected chi connectivity index (χ4v) is 2.00. The fourth-order valence-electron chi connectivity index (χ4n) is 2.00. The maximum Gasteiger partial charge on any atom is 0.316 e. The predicted octanol–water partition coefficient (Wildman–Crippen LogP) is 1.31. The van der Waals surface area contributed by atoms with Gasteiger partial charge < -0.3 is 9.84 Å². The van der Waals surface area contributed by atoms with E-state index in [-0.39, 0.29) is 24.9 Å². The van der Waals surface area contributed by atoms with Gasteiger partial charge in [0.15, 0.2) is 0 Å². The molecule has 0 aliphatic carbocycles. The van der Waals surface area contributed by atoms with E-state index in [9.17, 15) is 9.59 Å². The zero-order valence-electron chi connectivity index (χ0n) is 9.78. The van der Waals surface area contributed by atoms with E-state index in [2.05, 4.69) is 6.92 Å². The summed E-state index contributed by atoms with van der Waals surface area (Å²) in [4.78, 5) is 23.1. The Morgan fingerprint density at radius 3 is 2.81 bits per heavy atom. The highest BCUT2D eigenvalue weighted by Crippen LogP contribution is 2.24. The van der Waals surface area contributed by atoms with Crippen LogP contribution < -0.4 is 0 Å². The number of aliphatic hydroxyl groups excluding tert-OH is 1.